The summed E-state index contributed by atoms with van der Waals surface area (Å²) in [7, 11) is -1.59. The smallest absolute Gasteiger partial charge is 0.318 e. The van der Waals surface area contributed by atoms with Gasteiger partial charge in [0, 0.05) is 18.5 Å². The van der Waals surface area contributed by atoms with Gasteiger partial charge >= 0.3 is 6.18 Å². The van der Waals surface area contributed by atoms with Crippen LogP contribution in [-0.4, -0.2) is 29.6 Å². The summed E-state index contributed by atoms with van der Waals surface area (Å²) in [5.74, 6) is -1.39. The Kier molecular flexibility index (Phi) is 9.15. The number of aromatic nitrogens is 3. The van der Waals surface area contributed by atoms with Crippen LogP contribution in [0, 0.1) is 18.3 Å². The van der Waals surface area contributed by atoms with Crippen molar-refractivity contribution in [3.63, 3.8) is 0 Å². The first-order chi connectivity index (χ1) is 21.7. The number of nitrogens with zero attached hydrogens (tertiary/aromatic N) is 4. The minimum Gasteiger partial charge on any atom is -0.318 e. The lowest BCUT2D eigenvalue weighted by Crippen LogP contribution is -2.49. The molecule has 240 valence electrons. The largest absolute Gasteiger partial charge is 0.435 e. The highest BCUT2D eigenvalue weighted by molar-refractivity contribution is 7.84. The van der Waals surface area contributed by atoms with Gasteiger partial charge in [0.05, 0.1) is 39.2 Å². The fraction of sp³-hybridized carbons (Fsp3) is 0.333. The topological polar surface area (TPSA) is 93.3 Å². The van der Waals surface area contributed by atoms with Crippen LogP contribution in [-0.2, 0) is 22.7 Å². The second-order valence-electron chi connectivity index (χ2n) is 12.2. The van der Waals surface area contributed by atoms with E-state index in [-0.39, 0.29) is 17.1 Å². The Hall–Kier alpha value is -4.41. The number of carbonyl (C=O) groups is 1. The molecule has 13 heteroatoms. The Bertz CT molecular complexity index is 1810. The van der Waals surface area contributed by atoms with Crippen molar-refractivity contribution in [3.05, 3.63) is 113 Å². The van der Waals surface area contributed by atoms with E-state index in [4.69, 9.17) is 6.57 Å². The third kappa shape index (κ3) is 7.18. The molecule has 2 atom stereocenters. The van der Waals surface area contributed by atoms with E-state index in [9.17, 15) is 22.2 Å². The van der Waals surface area contributed by atoms with Crippen molar-refractivity contribution < 1.29 is 26.6 Å². The number of hydrogen-bond donors (Lipinski definition) is 2. The lowest BCUT2D eigenvalue weighted by Gasteiger charge is -2.38. The van der Waals surface area contributed by atoms with Gasteiger partial charge in [-0.2, -0.15) is 18.3 Å². The van der Waals surface area contributed by atoms with Crippen LogP contribution >= 0.6 is 0 Å². The molecule has 46 heavy (non-hydrogen) atoms. The zero-order chi connectivity index (χ0) is 33.3. The Labute approximate surface area is 266 Å². The van der Waals surface area contributed by atoms with Crippen molar-refractivity contribution in [1.82, 2.24) is 19.5 Å². The average Bonchev–Trinajstić information content (AvgIpc) is 3.73. The van der Waals surface area contributed by atoms with E-state index in [2.05, 4.69) is 25.0 Å². The lowest BCUT2D eigenvalue weighted by atomic mass is 9.80. The van der Waals surface area contributed by atoms with E-state index in [1.165, 1.54) is 30.3 Å². The van der Waals surface area contributed by atoms with Crippen LogP contribution in [0.2, 0.25) is 0 Å². The summed E-state index contributed by atoms with van der Waals surface area (Å²) >= 11 is 0. The molecule has 0 radical (unpaired) electrons. The molecule has 0 bridgehead atoms. The van der Waals surface area contributed by atoms with E-state index in [0.29, 0.717) is 29.5 Å². The predicted molar refractivity (Wildman–Crippen MR) is 167 cm³/mol. The third-order valence-electron chi connectivity index (χ3n) is 7.75. The first-order valence-electron chi connectivity index (χ1n) is 14.6. The summed E-state index contributed by atoms with van der Waals surface area (Å²) in [6.45, 7) is 12.7. The van der Waals surface area contributed by atoms with E-state index in [1.807, 2.05) is 26.8 Å². The lowest BCUT2D eigenvalue weighted by molar-refractivity contribution is -0.141. The summed E-state index contributed by atoms with van der Waals surface area (Å²) in [6.07, 6.45) is 1.80. The number of hydrogen-bond acceptors (Lipinski definition) is 4. The molecule has 1 aliphatic carbocycles. The molecule has 1 aliphatic rings. The van der Waals surface area contributed by atoms with E-state index >= 15 is 4.39 Å². The monoisotopic (exact) mass is 652 g/mol. The molecule has 0 spiro atoms. The highest BCUT2D eigenvalue weighted by Crippen LogP contribution is 2.42. The molecule has 1 amide bonds. The summed E-state index contributed by atoms with van der Waals surface area (Å²) in [6, 6.07) is 13.9. The summed E-state index contributed by atoms with van der Waals surface area (Å²) < 4.78 is 73.6. The summed E-state index contributed by atoms with van der Waals surface area (Å²) in [5.41, 5.74) is -1.88. The zero-order valence-electron chi connectivity index (χ0n) is 25.4. The number of carbonyl (C=O) groups excluding carboxylic acids is 1. The Morgan fingerprint density at radius 2 is 1.83 bits per heavy atom. The molecule has 0 saturated heterocycles. The Balaban J connectivity index is 1.59. The normalized spacial score (nSPS) is 15.5. The maximum absolute atomic E-state index is 15.4. The number of benzene rings is 2. The van der Waals surface area contributed by atoms with Crippen molar-refractivity contribution in [2.75, 3.05) is 5.32 Å². The number of pyridine rings is 1. The molecule has 1 unspecified atom stereocenters. The minimum absolute atomic E-state index is 0.0490. The van der Waals surface area contributed by atoms with Gasteiger partial charge in [0.2, 0.25) is 0 Å². The van der Waals surface area contributed by atoms with Crippen molar-refractivity contribution in [1.29, 1.82) is 0 Å². The highest BCUT2D eigenvalue weighted by Gasteiger charge is 2.41. The second kappa shape index (κ2) is 12.8. The molecule has 4 aromatic rings. The van der Waals surface area contributed by atoms with Gasteiger partial charge in [-0.25, -0.2) is 22.8 Å². The van der Waals surface area contributed by atoms with Gasteiger partial charge in [0.1, 0.15) is 11.5 Å². The first-order valence-corrected chi connectivity index (χ1v) is 15.7. The standard InChI is InChI=1S/C33H32F4N6O2S/c1-31(2,3)46(45)42-32(15-14-21-10-11-21,23-7-6-16-39-20-23)22-12-13-26(34)27(17-22)40-30(44)28-19-29(33(35,36)37)41-43(28)25-9-5-8-24(18-25)38-4/h5-9,12-13,16-21,42H,10-11,14-15H2,1-3H3,(H,40,44)/t32?,46-/m1/s1. The first kappa shape index (κ1) is 33.0. The van der Waals surface area contributed by atoms with Gasteiger partial charge in [-0.15, -0.1) is 0 Å². The van der Waals surface area contributed by atoms with Gasteiger partial charge in [-0.3, -0.25) is 9.78 Å². The third-order valence-corrected chi connectivity index (χ3v) is 9.39. The van der Waals surface area contributed by atoms with Crippen LogP contribution in [0.25, 0.3) is 10.5 Å². The van der Waals surface area contributed by atoms with Gasteiger partial charge in [0.15, 0.2) is 11.4 Å². The molecule has 0 aliphatic heterocycles. The molecular formula is C33H32F4N6O2S. The van der Waals surface area contributed by atoms with Crippen molar-refractivity contribution >= 4 is 28.3 Å². The highest BCUT2D eigenvalue weighted by atomic mass is 32.2. The van der Waals surface area contributed by atoms with E-state index in [0.717, 1.165) is 30.0 Å². The number of amides is 1. The quantitative estimate of drug-likeness (QED) is 0.136. The molecule has 5 rings (SSSR count). The van der Waals surface area contributed by atoms with Crippen LogP contribution in [0.5, 0.6) is 0 Å². The number of anilines is 1. The summed E-state index contributed by atoms with van der Waals surface area (Å²) in [5, 5.41) is 6.03. The predicted octanol–water partition coefficient (Wildman–Crippen LogP) is 7.71. The molecule has 2 aromatic carbocycles. The Morgan fingerprint density at radius 1 is 1.07 bits per heavy atom. The average molecular weight is 653 g/mol. The maximum atomic E-state index is 15.4. The summed E-state index contributed by atoms with van der Waals surface area (Å²) in [4.78, 5) is 21.2. The van der Waals surface area contributed by atoms with Crippen molar-refractivity contribution in [3.8, 4) is 5.69 Å². The van der Waals surface area contributed by atoms with E-state index in [1.54, 1.807) is 24.5 Å². The van der Waals surface area contributed by atoms with Crippen LogP contribution in [0.1, 0.15) is 73.8 Å². The molecular weight excluding hydrogens is 620 g/mol. The number of rotatable bonds is 10. The molecule has 1 saturated carbocycles. The molecule has 2 aromatic heterocycles. The van der Waals surface area contributed by atoms with E-state index < -0.39 is 50.6 Å². The number of nitrogens with one attached hydrogen (secondary N) is 2. The molecule has 8 nitrogen and oxygen atoms in total. The second-order valence-corrected chi connectivity index (χ2v) is 14.2. The molecule has 2 N–H and O–H groups in total. The van der Waals surface area contributed by atoms with Gasteiger partial charge < -0.3 is 5.32 Å². The van der Waals surface area contributed by atoms with Gasteiger partial charge in [0.25, 0.3) is 5.91 Å². The number of alkyl halides is 3. The maximum Gasteiger partial charge on any atom is 0.435 e. The van der Waals surface area contributed by atoms with Crippen molar-refractivity contribution in [2.24, 2.45) is 5.92 Å². The Morgan fingerprint density at radius 3 is 2.46 bits per heavy atom. The fourth-order valence-corrected chi connectivity index (χ4v) is 5.98. The fourth-order valence-electron chi connectivity index (χ4n) is 5.02. The van der Waals surface area contributed by atoms with Crippen LogP contribution < -0.4 is 10.0 Å². The van der Waals surface area contributed by atoms with Crippen LogP contribution in [0.3, 0.4) is 0 Å². The van der Waals surface area contributed by atoms with Gasteiger partial charge in [-0.05, 0) is 81.0 Å². The molecule has 2 heterocycles. The minimum atomic E-state index is -4.87. The van der Waals surface area contributed by atoms with Crippen LogP contribution in [0.4, 0.5) is 28.9 Å². The number of halogens is 4. The zero-order valence-corrected chi connectivity index (χ0v) is 26.2. The van der Waals surface area contributed by atoms with Crippen LogP contribution in [0.15, 0.2) is 73.1 Å². The van der Waals surface area contributed by atoms with Gasteiger partial charge in [-0.1, -0.05) is 37.1 Å². The van der Waals surface area contributed by atoms with Crippen molar-refractivity contribution in [2.45, 2.75) is 62.9 Å². The SMILES string of the molecule is [C-]#[N+]c1cccc(-n2nc(C(F)(F)F)cc2C(=O)Nc2cc(C(CCC3CC3)(N[S@](=O)C(C)(C)C)c3cccnc3)ccc2F)c1. The molecule has 1 fully saturated rings.